The standard InChI is InChI=1S/C13H18N2S/c1-11-5-4-6-12(7-11)8-16-10-13(2,9-14)15-3/h4-7,15H,8,10H2,1-3H3. The first-order valence-electron chi connectivity index (χ1n) is 5.33. The number of rotatable bonds is 5. The average molecular weight is 234 g/mol. The zero-order valence-corrected chi connectivity index (χ0v) is 10.9. The van der Waals surface area contributed by atoms with Crippen molar-refractivity contribution < 1.29 is 0 Å². The summed E-state index contributed by atoms with van der Waals surface area (Å²) in [4.78, 5) is 0. The monoisotopic (exact) mass is 234 g/mol. The fourth-order valence-electron chi connectivity index (χ4n) is 1.34. The van der Waals surface area contributed by atoms with Gasteiger partial charge >= 0.3 is 0 Å². The summed E-state index contributed by atoms with van der Waals surface area (Å²) in [7, 11) is 1.83. The highest BCUT2D eigenvalue weighted by atomic mass is 32.2. The van der Waals surface area contributed by atoms with Crippen LogP contribution in [0.5, 0.6) is 0 Å². The maximum Gasteiger partial charge on any atom is 0.112 e. The number of hydrogen-bond acceptors (Lipinski definition) is 3. The lowest BCUT2D eigenvalue weighted by Gasteiger charge is -2.19. The minimum Gasteiger partial charge on any atom is -0.302 e. The Labute approximate surface area is 102 Å². The molecule has 1 aromatic carbocycles. The molecule has 86 valence electrons. The summed E-state index contributed by atoms with van der Waals surface area (Å²) >= 11 is 1.79. The van der Waals surface area contributed by atoms with Crippen LogP contribution < -0.4 is 5.32 Å². The van der Waals surface area contributed by atoms with Crippen molar-refractivity contribution in [2.75, 3.05) is 12.8 Å². The maximum atomic E-state index is 9.00. The van der Waals surface area contributed by atoms with Crippen LogP contribution in [0.15, 0.2) is 24.3 Å². The lowest BCUT2D eigenvalue weighted by atomic mass is 10.1. The summed E-state index contributed by atoms with van der Waals surface area (Å²) < 4.78 is 0. The minimum atomic E-state index is -0.422. The van der Waals surface area contributed by atoms with Crippen molar-refractivity contribution in [2.24, 2.45) is 0 Å². The number of benzene rings is 1. The van der Waals surface area contributed by atoms with Gasteiger partial charge in [0, 0.05) is 11.5 Å². The smallest absolute Gasteiger partial charge is 0.112 e. The molecule has 0 heterocycles. The number of nitrogens with one attached hydrogen (secondary N) is 1. The Bertz CT molecular complexity index is 384. The molecule has 2 nitrogen and oxygen atoms in total. The Morgan fingerprint density at radius 1 is 1.50 bits per heavy atom. The molecule has 0 aliphatic carbocycles. The Morgan fingerprint density at radius 2 is 2.25 bits per heavy atom. The van der Waals surface area contributed by atoms with E-state index in [1.807, 2.05) is 14.0 Å². The molecule has 0 aliphatic rings. The van der Waals surface area contributed by atoms with Crippen LogP contribution >= 0.6 is 11.8 Å². The predicted molar refractivity (Wildman–Crippen MR) is 70.4 cm³/mol. The van der Waals surface area contributed by atoms with Crippen LogP contribution in [-0.4, -0.2) is 18.3 Å². The zero-order valence-electron chi connectivity index (χ0n) is 10.1. The number of nitriles is 1. The van der Waals surface area contributed by atoms with E-state index in [4.69, 9.17) is 5.26 Å². The summed E-state index contributed by atoms with van der Waals surface area (Å²) in [6, 6.07) is 10.8. The highest BCUT2D eigenvalue weighted by molar-refractivity contribution is 7.98. The van der Waals surface area contributed by atoms with Crippen LogP contribution in [0.25, 0.3) is 0 Å². The van der Waals surface area contributed by atoms with Gasteiger partial charge in [0.25, 0.3) is 0 Å². The fourth-order valence-corrected chi connectivity index (χ4v) is 2.47. The Morgan fingerprint density at radius 3 is 2.81 bits per heavy atom. The second-order valence-corrected chi connectivity index (χ2v) is 5.16. The molecular formula is C13H18N2S. The van der Waals surface area contributed by atoms with Crippen molar-refractivity contribution in [3.63, 3.8) is 0 Å². The molecule has 1 N–H and O–H groups in total. The molecule has 16 heavy (non-hydrogen) atoms. The first-order valence-corrected chi connectivity index (χ1v) is 6.48. The molecule has 0 saturated heterocycles. The van der Waals surface area contributed by atoms with Crippen molar-refractivity contribution in [1.29, 1.82) is 5.26 Å². The molecule has 0 aliphatic heterocycles. The highest BCUT2D eigenvalue weighted by Gasteiger charge is 2.20. The zero-order chi connectivity index (χ0) is 12.0. The summed E-state index contributed by atoms with van der Waals surface area (Å²) in [5.74, 6) is 1.76. The third-order valence-corrected chi connectivity index (χ3v) is 3.86. The summed E-state index contributed by atoms with van der Waals surface area (Å²) in [6.07, 6.45) is 0. The second-order valence-electron chi connectivity index (χ2n) is 4.18. The molecule has 1 unspecified atom stereocenters. The number of aryl methyl sites for hydroxylation is 1. The Hall–Kier alpha value is -0.980. The lowest BCUT2D eigenvalue weighted by molar-refractivity contribution is 0.550. The van der Waals surface area contributed by atoms with E-state index in [0.29, 0.717) is 0 Å². The van der Waals surface area contributed by atoms with Crippen molar-refractivity contribution in [1.82, 2.24) is 5.32 Å². The number of hydrogen-bond donors (Lipinski definition) is 1. The van der Waals surface area contributed by atoms with Gasteiger partial charge in [0.05, 0.1) is 6.07 Å². The van der Waals surface area contributed by atoms with E-state index >= 15 is 0 Å². The van der Waals surface area contributed by atoms with Crippen LogP contribution in [0.3, 0.4) is 0 Å². The number of nitrogens with zero attached hydrogens (tertiary/aromatic N) is 1. The SMILES string of the molecule is CNC(C)(C#N)CSCc1cccc(C)c1. The normalized spacial score (nSPS) is 14.1. The van der Waals surface area contributed by atoms with E-state index in [0.717, 1.165) is 11.5 Å². The molecular weight excluding hydrogens is 216 g/mol. The van der Waals surface area contributed by atoms with Crippen LogP contribution in [-0.2, 0) is 5.75 Å². The molecule has 0 fully saturated rings. The molecule has 0 amide bonds. The largest absolute Gasteiger partial charge is 0.302 e. The Kier molecular flexibility index (Phi) is 4.85. The van der Waals surface area contributed by atoms with Crippen molar-refractivity contribution in [3.8, 4) is 6.07 Å². The van der Waals surface area contributed by atoms with Crippen LogP contribution in [0.2, 0.25) is 0 Å². The van der Waals surface area contributed by atoms with Gasteiger partial charge in [0.2, 0.25) is 0 Å². The summed E-state index contributed by atoms with van der Waals surface area (Å²) in [5.41, 5.74) is 2.19. The molecule has 3 heteroatoms. The van der Waals surface area contributed by atoms with E-state index in [1.54, 1.807) is 11.8 Å². The van der Waals surface area contributed by atoms with Crippen molar-refractivity contribution in [3.05, 3.63) is 35.4 Å². The molecule has 1 aromatic rings. The van der Waals surface area contributed by atoms with E-state index < -0.39 is 5.54 Å². The fraction of sp³-hybridized carbons (Fsp3) is 0.462. The van der Waals surface area contributed by atoms with Crippen LogP contribution in [0.1, 0.15) is 18.1 Å². The van der Waals surface area contributed by atoms with Gasteiger partial charge in [-0.15, -0.1) is 0 Å². The summed E-state index contributed by atoms with van der Waals surface area (Å²) in [5, 5.41) is 12.0. The molecule has 0 aromatic heterocycles. The molecule has 0 saturated carbocycles. The van der Waals surface area contributed by atoms with Gasteiger partial charge in [0.1, 0.15) is 5.54 Å². The quantitative estimate of drug-likeness (QED) is 0.851. The minimum absolute atomic E-state index is 0.422. The molecule has 0 spiro atoms. The lowest BCUT2D eigenvalue weighted by Crippen LogP contribution is -2.40. The van der Waals surface area contributed by atoms with Crippen LogP contribution in [0.4, 0.5) is 0 Å². The summed E-state index contributed by atoms with van der Waals surface area (Å²) in [6.45, 7) is 4.03. The Balaban J connectivity index is 2.45. The maximum absolute atomic E-state index is 9.00. The van der Waals surface area contributed by atoms with E-state index in [-0.39, 0.29) is 0 Å². The predicted octanol–water partition coefficient (Wildman–Crippen LogP) is 2.73. The van der Waals surface area contributed by atoms with Gasteiger partial charge < -0.3 is 5.32 Å². The van der Waals surface area contributed by atoms with Gasteiger partial charge in [0.15, 0.2) is 0 Å². The highest BCUT2D eigenvalue weighted by Crippen LogP contribution is 2.18. The molecule has 1 rings (SSSR count). The third kappa shape index (κ3) is 3.88. The first kappa shape index (κ1) is 13.1. The molecule has 0 radical (unpaired) electrons. The second kappa shape index (κ2) is 5.93. The topological polar surface area (TPSA) is 35.8 Å². The van der Waals surface area contributed by atoms with Crippen LogP contribution in [0, 0.1) is 18.3 Å². The van der Waals surface area contributed by atoms with Gasteiger partial charge in [-0.3, -0.25) is 0 Å². The third-order valence-electron chi connectivity index (χ3n) is 2.54. The van der Waals surface area contributed by atoms with Gasteiger partial charge in [-0.25, -0.2) is 0 Å². The average Bonchev–Trinajstić information content (AvgIpc) is 2.29. The molecule has 0 bridgehead atoms. The van der Waals surface area contributed by atoms with Gasteiger partial charge in [-0.1, -0.05) is 29.8 Å². The van der Waals surface area contributed by atoms with E-state index in [1.165, 1.54) is 11.1 Å². The first-order chi connectivity index (χ1) is 7.59. The van der Waals surface area contributed by atoms with E-state index in [2.05, 4.69) is 42.6 Å². The van der Waals surface area contributed by atoms with Crippen molar-refractivity contribution >= 4 is 11.8 Å². The van der Waals surface area contributed by atoms with Crippen molar-refractivity contribution in [2.45, 2.75) is 25.1 Å². The van der Waals surface area contributed by atoms with E-state index in [9.17, 15) is 0 Å². The molecule has 1 atom stereocenters. The van der Waals surface area contributed by atoms with Gasteiger partial charge in [-0.05, 0) is 26.5 Å². The number of thioether (sulfide) groups is 1. The van der Waals surface area contributed by atoms with Gasteiger partial charge in [-0.2, -0.15) is 17.0 Å².